The molecule has 3 heterocycles. The monoisotopic (exact) mass is 392 g/mol. The number of ether oxygens (including phenoxy) is 3. The second-order valence-corrected chi connectivity index (χ2v) is 5.69. The summed E-state index contributed by atoms with van der Waals surface area (Å²) in [4.78, 5) is 13.0. The van der Waals surface area contributed by atoms with E-state index < -0.39 is 0 Å². The van der Waals surface area contributed by atoms with Crippen molar-refractivity contribution in [3.05, 3.63) is 42.6 Å². The van der Waals surface area contributed by atoms with Gasteiger partial charge >= 0.3 is 0 Å². The molecule has 29 heavy (non-hydrogen) atoms. The third-order valence-electron chi connectivity index (χ3n) is 3.93. The van der Waals surface area contributed by atoms with Crippen LogP contribution in [0, 0.1) is 0 Å². The first kappa shape index (κ1) is 18.1. The van der Waals surface area contributed by atoms with Crippen LogP contribution in [0.3, 0.4) is 0 Å². The molecule has 4 rings (SSSR count). The van der Waals surface area contributed by atoms with Crippen molar-refractivity contribution in [2.24, 2.45) is 0 Å². The molecule has 0 aliphatic carbocycles. The van der Waals surface area contributed by atoms with Gasteiger partial charge in [-0.1, -0.05) is 12.1 Å². The highest BCUT2D eigenvalue weighted by Crippen LogP contribution is 2.39. The Morgan fingerprint density at radius 1 is 0.966 bits per heavy atom. The topological polar surface area (TPSA) is 147 Å². The van der Waals surface area contributed by atoms with Crippen molar-refractivity contribution in [2.45, 2.75) is 0 Å². The highest BCUT2D eigenvalue weighted by atomic mass is 16.5. The Morgan fingerprint density at radius 3 is 2.52 bits per heavy atom. The lowest BCUT2D eigenvalue weighted by atomic mass is 10.2. The fourth-order valence-electron chi connectivity index (χ4n) is 2.59. The number of aromatic amines is 1. The summed E-state index contributed by atoms with van der Waals surface area (Å²) in [6, 6.07) is 10.6. The third-order valence-corrected chi connectivity index (χ3v) is 3.93. The van der Waals surface area contributed by atoms with Gasteiger partial charge in [0.25, 0.3) is 5.88 Å². The minimum absolute atomic E-state index is 0.107. The number of nitrogen functional groups attached to an aromatic ring is 1. The van der Waals surface area contributed by atoms with E-state index >= 15 is 0 Å². The number of hydrogen-bond donors (Lipinski definition) is 2. The smallest absolute Gasteiger partial charge is 0.263 e. The van der Waals surface area contributed by atoms with Crippen LogP contribution in [0.25, 0.3) is 22.9 Å². The number of aromatic nitrogens is 7. The number of methoxy groups -OCH3 is 2. The Labute approximate surface area is 164 Å². The zero-order chi connectivity index (χ0) is 20.2. The molecule has 0 unspecified atom stereocenters. The summed E-state index contributed by atoms with van der Waals surface area (Å²) in [5, 5.41) is 13.8. The van der Waals surface area contributed by atoms with Crippen LogP contribution in [0.4, 0.5) is 5.82 Å². The van der Waals surface area contributed by atoms with E-state index in [4.69, 9.17) is 19.9 Å². The molecule has 0 aliphatic rings. The van der Waals surface area contributed by atoms with Gasteiger partial charge < -0.3 is 19.9 Å². The van der Waals surface area contributed by atoms with Crippen LogP contribution in [0.2, 0.25) is 0 Å². The second kappa shape index (κ2) is 7.76. The number of benzene rings is 1. The number of rotatable bonds is 6. The van der Waals surface area contributed by atoms with Crippen LogP contribution in [0.5, 0.6) is 23.1 Å². The van der Waals surface area contributed by atoms with E-state index in [-0.39, 0.29) is 17.4 Å². The molecule has 4 aromatic rings. The van der Waals surface area contributed by atoms with Gasteiger partial charge in [-0.05, 0) is 29.5 Å². The van der Waals surface area contributed by atoms with Gasteiger partial charge in [-0.15, -0.1) is 10.2 Å². The van der Waals surface area contributed by atoms with Gasteiger partial charge in [-0.25, -0.2) is 4.98 Å². The van der Waals surface area contributed by atoms with Crippen LogP contribution in [0.1, 0.15) is 0 Å². The molecule has 0 fully saturated rings. The summed E-state index contributed by atoms with van der Waals surface area (Å²) >= 11 is 0. The maximum Gasteiger partial charge on any atom is 0.263 e. The van der Waals surface area contributed by atoms with Crippen LogP contribution >= 0.6 is 0 Å². The van der Waals surface area contributed by atoms with Gasteiger partial charge in [0.1, 0.15) is 5.69 Å². The van der Waals surface area contributed by atoms with Crippen molar-refractivity contribution in [2.75, 3.05) is 20.0 Å². The molecular weight excluding hydrogens is 376 g/mol. The molecule has 0 amide bonds. The molecule has 3 N–H and O–H groups in total. The zero-order valence-electron chi connectivity index (χ0n) is 15.5. The van der Waals surface area contributed by atoms with Crippen LogP contribution in [-0.4, -0.2) is 49.8 Å². The predicted molar refractivity (Wildman–Crippen MR) is 102 cm³/mol. The molecule has 0 aliphatic heterocycles. The summed E-state index contributed by atoms with van der Waals surface area (Å²) in [6.45, 7) is 0. The van der Waals surface area contributed by atoms with Crippen molar-refractivity contribution >= 4 is 5.82 Å². The molecule has 0 bridgehead atoms. The van der Waals surface area contributed by atoms with Crippen molar-refractivity contribution < 1.29 is 14.2 Å². The van der Waals surface area contributed by atoms with Crippen molar-refractivity contribution in [1.82, 2.24) is 35.6 Å². The lowest BCUT2D eigenvalue weighted by Gasteiger charge is -2.14. The largest absolute Gasteiger partial charge is 0.493 e. The Balaban J connectivity index is 1.73. The molecule has 3 aromatic heterocycles. The first-order chi connectivity index (χ1) is 14.2. The predicted octanol–water partition coefficient (Wildman–Crippen LogP) is 2.11. The Bertz CT molecular complexity index is 1130. The van der Waals surface area contributed by atoms with Gasteiger partial charge in [0.05, 0.1) is 14.2 Å². The molecule has 11 nitrogen and oxygen atoms in total. The molecule has 0 saturated heterocycles. The summed E-state index contributed by atoms with van der Waals surface area (Å²) in [6.07, 6.45) is 1.59. The van der Waals surface area contributed by atoms with Gasteiger partial charge in [0.15, 0.2) is 23.1 Å². The number of pyridine rings is 1. The molecule has 0 saturated carbocycles. The average Bonchev–Trinajstić information content (AvgIpc) is 3.30. The summed E-state index contributed by atoms with van der Waals surface area (Å²) in [5.74, 6) is 2.15. The Morgan fingerprint density at radius 2 is 1.79 bits per heavy atom. The highest BCUT2D eigenvalue weighted by Gasteiger charge is 2.19. The van der Waals surface area contributed by atoms with E-state index in [1.807, 2.05) is 12.1 Å². The Kier molecular flexibility index (Phi) is 4.84. The number of nitrogens with one attached hydrogen (secondary N) is 1. The van der Waals surface area contributed by atoms with E-state index in [1.54, 1.807) is 37.6 Å². The molecule has 0 atom stereocenters. The quantitative estimate of drug-likeness (QED) is 0.500. The maximum absolute atomic E-state index is 6.15. The molecular formula is C18H16N8O3. The number of H-pyrrole nitrogens is 1. The lowest BCUT2D eigenvalue weighted by Crippen LogP contribution is -2.04. The van der Waals surface area contributed by atoms with E-state index in [9.17, 15) is 0 Å². The number of para-hydroxylation sites is 2. The van der Waals surface area contributed by atoms with Crippen molar-refractivity contribution in [3.8, 4) is 46.0 Å². The van der Waals surface area contributed by atoms with Crippen LogP contribution in [-0.2, 0) is 0 Å². The second-order valence-electron chi connectivity index (χ2n) is 5.69. The number of nitrogens with two attached hydrogens (primary N) is 1. The maximum atomic E-state index is 6.15. The molecule has 146 valence electrons. The minimum Gasteiger partial charge on any atom is -0.493 e. The highest BCUT2D eigenvalue weighted by molar-refractivity contribution is 5.66. The number of anilines is 1. The zero-order valence-corrected chi connectivity index (χ0v) is 15.5. The van der Waals surface area contributed by atoms with E-state index in [2.05, 4.69) is 35.6 Å². The standard InChI is InChI=1S/C18H16N8O3/c1-27-12-5-3-4-6-13(12)29-14-15(19)21-16(22-18(14)28-2)10-7-8-20-11(9-10)17-23-25-26-24-17/h3-9H,1-2H3,(H2,19,21,22)(H,23,24,25,26). The summed E-state index contributed by atoms with van der Waals surface area (Å²) < 4.78 is 16.6. The minimum atomic E-state index is 0.107. The molecule has 0 spiro atoms. The van der Waals surface area contributed by atoms with Gasteiger partial charge in [-0.3, -0.25) is 4.98 Å². The fourth-order valence-corrected chi connectivity index (χ4v) is 2.59. The van der Waals surface area contributed by atoms with Crippen molar-refractivity contribution in [1.29, 1.82) is 0 Å². The third kappa shape index (κ3) is 3.60. The fraction of sp³-hybridized carbons (Fsp3) is 0.111. The number of hydrogen-bond acceptors (Lipinski definition) is 10. The SMILES string of the molecule is COc1ccccc1Oc1c(N)nc(-c2ccnc(-c3nn[nH]n3)c2)nc1OC. The van der Waals surface area contributed by atoms with Crippen LogP contribution in [0.15, 0.2) is 42.6 Å². The van der Waals surface area contributed by atoms with E-state index in [0.29, 0.717) is 34.4 Å². The van der Waals surface area contributed by atoms with Gasteiger partial charge in [0, 0.05) is 11.8 Å². The lowest BCUT2D eigenvalue weighted by molar-refractivity contribution is 0.348. The normalized spacial score (nSPS) is 10.6. The number of nitrogens with zero attached hydrogens (tertiary/aromatic N) is 6. The van der Waals surface area contributed by atoms with Gasteiger partial charge in [-0.2, -0.15) is 10.2 Å². The summed E-state index contributed by atoms with van der Waals surface area (Å²) in [7, 11) is 3.02. The molecule has 1 aromatic carbocycles. The van der Waals surface area contributed by atoms with Crippen molar-refractivity contribution in [3.63, 3.8) is 0 Å². The summed E-state index contributed by atoms with van der Waals surface area (Å²) in [5.41, 5.74) is 7.31. The Hall–Kier alpha value is -4.28. The molecule has 0 radical (unpaired) electrons. The number of tetrazole rings is 1. The van der Waals surface area contributed by atoms with E-state index in [0.717, 1.165) is 0 Å². The first-order valence-corrected chi connectivity index (χ1v) is 8.42. The van der Waals surface area contributed by atoms with Gasteiger partial charge in [0.2, 0.25) is 11.6 Å². The van der Waals surface area contributed by atoms with E-state index in [1.165, 1.54) is 7.11 Å². The molecule has 11 heteroatoms. The average molecular weight is 392 g/mol. The van der Waals surface area contributed by atoms with Crippen LogP contribution < -0.4 is 19.9 Å². The first-order valence-electron chi connectivity index (χ1n) is 8.42.